The third-order valence-electron chi connectivity index (χ3n) is 2.19. The van der Waals surface area contributed by atoms with Gasteiger partial charge in [-0.2, -0.15) is 0 Å². The minimum atomic E-state index is -0.458. The van der Waals surface area contributed by atoms with Crippen LogP contribution >= 0.6 is 0 Å². The molecule has 0 heterocycles. The van der Waals surface area contributed by atoms with Crippen molar-refractivity contribution in [2.75, 3.05) is 0 Å². The standard InChI is InChI=1S/C12H17F2N/c1-12(2,3)7-11(15)9-6-8(13)4-5-10(9)14/h4-6,11H,7,15H2,1-3H3/t11-/m1/s1. The van der Waals surface area contributed by atoms with Crippen LogP contribution in [0.3, 0.4) is 0 Å². The molecule has 15 heavy (non-hydrogen) atoms. The molecule has 84 valence electrons. The van der Waals surface area contributed by atoms with E-state index in [4.69, 9.17) is 5.73 Å². The average Bonchev–Trinajstić information content (AvgIpc) is 2.06. The Bertz CT molecular complexity index is 342. The molecule has 0 saturated carbocycles. The van der Waals surface area contributed by atoms with Gasteiger partial charge in [-0.3, -0.25) is 0 Å². The van der Waals surface area contributed by atoms with Crippen LogP contribution in [0.1, 0.15) is 38.8 Å². The maximum Gasteiger partial charge on any atom is 0.128 e. The molecule has 0 spiro atoms. The number of hydrogen-bond donors (Lipinski definition) is 1. The molecule has 0 aliphatic carbocycles. The third-order valence-corrected chi connectivity index (χ3v) is 2.19. The van der Waals surface area contributed by atoms with Gasteiger partial charge in [-0.05, 0) is 30.0 Å². The highest BCUT2D eigenvalue weighted by Crippen LogP contribution is 2.29. The number of hydrogen-bond acceptors (Lipinski definition) is 1. The molecule has 0 saturated heterocycles. The van der Waals surface area contributed by atoms with Gasteiger partial charge in [-0.25, -0.2) is 8.78 Å². The largest absolute Gasteiger partial charge is 0.324 e. The van der Waals surface area contributed by atoms with E-state index in [1.807, 2.05) is 20.8 Å². The van der Waals surface area contributed by atoms with E-state index in [-0.39, 0.29) is 11.0 Å². The van der Waals surface area contributed by atoms with E-state index >= 15 is 0 Å². The van der Waals surface area contributed by atoms with Crippen LogP contribution in [0.25, 0.3) is 0 Å². The molecule has 0 bridgehead atoms. The van der Waals surface area contributed by atoms with Gasteiger partial charge in [0.05, 0.1) is 0 Å². The zero-order valence-electron chi connectivity index (χ0n) is 9.35. The molecule has 3 heteroatoms. The highest BCUT2D eigenvalue weighted by molar-refractivity contribution is 5.22. The highest BCUT2D eigenvalue weighted by Gasteiger charge is 2.19. The highest BCUT2D eigenvalue weighted by atomic mass is 19.1. The Morgan fingerprint density at radius 2 is 1.87 bits per heavy atom. The van der Waals surface area contributed by atoms with Crippen molar-refractivity contribution in [1.29, 1.82) is 0 Å². The van der Waals surface area contributed by atoms with E-state index in [0.717, 1.165) is 12.1 Å². The Morgan fingerprint density at radius 3 is 2.40 bits per heavy atom. The summed E-state index contributed by atoms with van der Waals surface area (Å²) in [5.41, 5.74) is 6.10. The van der Waals surface area contributed by atoms with Crippen LogP contribution in [0.2, 0.25) is 0 Å². The molecule has 2 N–H and O–H groups in total. The van der Waals surface area contributed by atoms with Crippen LogP contribution in [0.5, 0.6) is 0 Å². The van der Waals surface area contributed by atoms with Crippen molar-refractivity contribution in [2.24, 2.45) is 11.1 Å². The van der Waals surface area contributed by atoms with E-state index in [0.29, 0.717) is 6.42 Å². The first-order chi connectivity index (χ1) is 6.79. The van der Waals surface area contributed by atoms with Crippen molar-refractivity contribution < 1.29 is 8.78 Å². The zero-order chi connectivity index (χ0) is 11.6. The summed E-state index contributed by atoms with van der Waals surface area (Å²) in [6.45, 7) is 6.05. The van der Waals surface area contributed by atoms with Crippen molar-refractivity contribution in [3.8, 4) is 0 Å². The van der Waals surface area contributed by atoms with Crippen LogP contribution < -0.4 is 5.73 Å². The van der Waals surface area contributed by atoms with E-state index < -0.39 is 17.7 Å². The Hall–Kier alpha value is -0.960. The third kappa shape index (κ3) is 3.59. The van der Waals surface area contributed by atoms with E-state index in [1.165, 1.54) is 6.07 Å². The van der Waals surface area contributed by atoms with Crippen LogP contribution in [-0.4, -0.2) is 0 Å². The Morgan fingerprint density at radius 1 is 1.27 bits per heavy atom. The maximum absolute atomic E-state index is 13.3. The molecule has 1 aromatic carbocycles. The van der Waals surface area contributed by atoms with Gasteiger partial charge in [-0.15, -0.1) is 0 Å². The molecule has 1 nitrogen and oxygen atoms in total. The van der Waals surface area contributed by atoms with Gasteiger partial charge in [0.15, 0.2) is 0 Å². The van der Waals surface area contributed by atoms with Gasteiger partial charge in [0.2, 0.25) is 0 Å². The van der Waals surface area contributed by atoms with E-state index in [9.17, 15) is 8.78 Å². The molecule has 0 aliphatic heterocycles. The molecule has 1 rings (SSSR count). The molecule has 0 fully saturated rings. The maximum atomic E-state index is 13.3. The predicted octanol–water partition coefficient (Wildman–Crippen LogP) is 3.40. The second-order valence-electron chi connectivity index (χ2n) is 5.04. The fourth-order valence-corrected chi connectivity index (χ4v) is 1.57. The number of nitrogens with two attached hydrogens (primary N) is 1. The zero-order valence-corrected chi connectivity index (χ0v) is 9.35. The second kappa shape index (κ2) is 4.27. The number of rotatable bonds is 2. The second-order valence-corrected chi connectivity index (χ2v) is 5.04. The van der Waals surface area contributed by atoms with Crippen LogP contribution in [0.15, 0.2) is 18.2 Å². The molecule has 0 aliphatic rings. The van der Waals surface area contributed by atoms with Gasteiger partial charge < -0.3 is 5.73 Å². The molecule has 0 unspecified atom stereocenters. The van der Waals surface area contributed by atoms with Gasteiger partial charge in [0.25, 0.3) is 0 Å². The fraction of sp³-hybridized carbons (Fsp3) is 0.500. The number of benzene rings is 1. The minimum Gasteiger partial charge on any atom is -0.324 e. The summed E-state index contributed by atoms with van der Waals surface area (Å²) in [4.78, 5) is 0. The lowest BCUT2D eigenvalue weighted by Crippen LogP contribution is -2.19. The van der Waals surface area contributed by atoms with Crippen LogP contribution in [-0.2, 0) is 0 Å². The summed E-state index contributed by atoms with van der Waals surface area (Å²) in [6, 6.07) is 2.93. The molecule has 0 amide bonds. The first kappa shape index (κ1) is 12.1. The molecular formula is C12H17F2N. The van der Waals surface area contributed by atoms with Gasteiger partial charge in [-0.1, -0.05) is 20.8 Å². The number of halogens is 2. The molecule has 0 aromatic heterocycles. The lowest BCUT2D eigenvalue weighted by Gasteiger charge is -2.23. The van der Waals surface area contributed by atoms with E-state index in [1.54, 1.807) is 0 Å². The Labute approximate surface area is 89.3 Å². The Kier molecular flexibility index (Phi) is 3.45. The van der Waals surface area contributed by atoms with Gasteiger partial charge in [0, 0.05) is 11.6 Å². The monoisotopic (exact) mass is 213 g/mol. The summed E-state index contributed by atoms with van der Waals surface area (Å²) < 4.78 is 26.3. The molecular weight excluding hydrogens is 196 g/mol. The van der Waals surface area contributed by atoms with Gasteiger partial charge >= 0.3 is 0 Å². The van der Waals surface area contributed by atoms with Crippen molar-refractivity contribution in [1.82, 2.24) is 0 Å². The fourth-order valence-electron chi connectivity index (χ4n) is 1.57. The SMILES string of the molecule is CC(C)(C)C[C@@H](N)c1cc(F)ccc1F. The molecule has 1 aromatic rings. The topological polar surface area (TPSA) is 26.0 Å². The summed E-state index contributed by atoms with van der Waals surface area (Å²) in [7, 11) is 0. The van der Waals surface area contributed by atoms with Crippen molar-refractivity contribution in [2.45, 2.75) is 33.2 Å². The lowest BCUT2D eigenvalue weighted by molar-refractivity contribution is 0.338. The summed E-state index contributed by atoms with van der Waals surface area (Å²) in [5, 5.41) is 0. The smallest absolute Gasteiger partial charge is 0.128 e. The first-order valence-electron chi connectivity index (χ1n) is 5.00. The van der Waals surface area contributed by atoms with Crippen molar-refractivity contribution in [3.63, 3.8) is 0 Å². The normalized spacial score (nSPS) is 14.0. The lowest BCUT2D eigenvalue weighted by atomic mass is 9.86. The quantitative estimate of drug-likeness (QED) is 0.800. The van der Waals surface area contributed by atoms with E-state index in [2.05, 4.69) is 0 Å². The average molecular weight is 213 g/mol. The predicted molar refractivity (Wildman–Crippen MR) is 57.4 cm³/mol. The summed E-state index contributed by atoms with van der Waals surface area (Å²) in [6.07, 6.45) is 0.618. The van der Waals surface area contributed by atoms with Gasteiger partial charge in [0.1, 0.15) is 11.6 Å². The molecule has 1 atom stereocenters. The van der Waals surface area contributed by atoms with Crippen molar-refractivity contribution in [3.05, 3.63) is 35.4 Å². The summed E-state index contributed by atoms with van der Waals surface area (Å²) >= 11 is 0. The Balaban J connectivity index is 2.90. The van der Waals surface area contributed by atoms with Crippen LogP contribution in [0, 0.1) is 17.0 Å². The van der Waals surface area contributed by atoms with Crippen LogP contribution in [0.4, 0.5) is 8.78 Å². The molecule has 0 radical (unpaired) electrons. The first-order valence-corrected chi connectivity index (χ1v) is 5.00. The summed E-state index contributed by atoms with van der Waals surface area (Å²) in [5.74, 6) is -0.885. The van der Waals surface area contributed by atoms with Crippen molar-refractivity contribution >= 4 is 0 Å². The minimum absolute atomic E-state index is 0.00181.